The molecule has 0 aliphatic heterocycles. The van der Waals surface area contributed by atoms with Crippen molar-refractivity contribution in [1.82, 2.24) is 0 Å². The lowest BCUT2D eigenvalue weighted by Gasteiger charge is -2.03. The summed E-state index contributed by atoms with van der Waals surface area (Å²) < 4.78 is 0. The molecule has 0 aromatic heterocycles. The maximum Gasteiger partial charge on any atom is 0.133 e. The lowest BCUT2D eigenvalue weighted by atomic mass is 9.88. The standard InChI is InChI=1S/C9H8BNO/c1-2-6-3-8(10)7(5-11)9(12)4-6/h3-4,12H,2H2,1H3. The molecule has 12 heavy (non-hydrogen) atoms. The zero-order valence-electron chi connectivity index (χ0n) is 6.83. The zero-order valence-corrected chi connectivity index (χ0v) is 6.83. The van der Waals surface area contributed by atoms with E-state index < -0.39 is 0 Å². The van der Waals surface area contributed by atoms with E-state index in [9.17, 15) is 5.11 Å². The van der Waals surface area contributed by atoms with Gasteiger partial charge in [0.15, 0.2) is 0 Å². The molecule has 1 aromatic carbocycles. The lowest BCUT2D eigenvalue weighted by Crippen LogP contribution is -2.08. The van der Waals surface area contributed by atoms with Gasteiger partial charge < -0.3 is 5.11 Å². The number of aryl methyl sites for hydroxylation is 1. The summed E-state index contributed by atoms with van der Waals surface area (Å²) in [6.07, 6.45) is 0.795. The number of hydrogen-bond donors (Lipinski definition) is 1. The summed E-state index contributed by atoms with van der Waals surface area (Å²) in [5.41, 5.74) is 1.44. The van der Waals surface area contributed by atoms with Crippen molar-refractivity contribution in [3.8, 4) is 11.8 Å². The Bertz CT molecular complexity index is 318. The van der Waals surface area contributed by atoms with E-state index in [2.05, 4.69) is 0 Å². The molecule has 0 unspecified atom stereocenters. The van der Waals surface area contributed by atoms with Crippen molar-refractivity contribution in [2.24, 2.45) is 0 Å². The maximum atomic E-state index is 9.30. The van der Waals surface area contributed by atoms with Crippen LogP contribution >= 0.6 is 0 Å². The molecule has 0 atom stereocenters. The fraction of sp³-hybridized carbons (Fsp3) is 0.222. The highest BCUT2D eigenvalue weighted by molar-refractivity contribution is 6.34. The molecule has 0 spiro atoms. The second-order valence-electron chi connectivity index (χ2n) is 2.54. The number of nitriles is 1. The highest BCUT2D eigenvalue weighted by atomic mass is 16.3. The summed E-state index contributed by atoms with van der Waals surface area (Å²) in [7, 11) is 5.53. The van der Waals surface area contributed by atoms with E-state index in [1.807, 2.05) is 13.0 Å². The summed E-state index contributed by atoms with van der Waals surface area (Å²) >= 11 is 0. The monoisotopic (exact) mass is 157 g/mol. The number of phenolic OH excluding ortho intramolecular Hbond substituents is 1. The second-order valence-corrected chi connectivity index (χ2v) is 2.54. The molecule has 1 rings (SSSR count). The van der Waals surface area contributed by atoms with Crippen LogP contribution in [-0.2, 0) is 6.42 Å². The predicted octanol–water partition coefficient (Wildman–Crippen LogP) is 0.620. The number of benzene rings is 1. The van der Waals surface area contributed by atoms with Gasteiger partial charge in [-0.2, -0.15) is 5.26 Å². The molecule has 1 aromatic rings. The van der Waals surface area contributed by atoms with Crippen LogP contribution in [0.4, 0.5) is 0 Å². The predicted molar refractivity (Wildman–Crippen MR) is 47.6 cm³/mol. The van der Waals surface area contributed by atoms with Crippen LogP contribution in [0, 0.1) is 11.3 Å². The van der Waals surface area contributed by atoms with Gasteiger partial charge in [-0.1, -0.05) is 18.5 Å². The first-order valence-electron chi connectivity index (χ1n) is 3.70. The largest absolute Gasteiger partial charge is 0.507 e. The van der Waals surface area contributed by atoms with Crippen molar-refractivity contribution in [3.63, 3.8) is 0 Å². The van der Waals surface area contributed by atoms with Crippen LogP contribution in [0.25, 0.3) is 0 Å². The minimum absolute atomic E-state index is 0.0330. The topological polar surface area (TPSA) is 44.0 Å². The third-order valence-corrected chi connectivity index (χ3v) is 1.73. The molecule has 0 saturated carbocycles. The van der Waals surface area contributed by atoms with E-state index >= 15 is 0 Å². The zero-order chi connectivity index (χ0) is 9.14. The molecular weight excluding hydrogens is 149 g/mol. The van der Waals surface area contributed by atoms with Crippen molar-refractivity contribution in [2.75, 3.05) is 0 Å². The van der Waals surface area contributed by atoms with E-state index in [1.165, 1.54) is 0 Å². The fourth-order valence-electron chi connectivity index (χ4n) is 1.04. The Hall–Kier alpha value is -1.43. The first kappa shape index (κ1) is 8.67. The van der Waals surface area contributed by atoms with Gasteiger partial charge >= 0.3 is 0 Å². The number of hydrogen-bond acceptors (Lipinski definition) is 2. The summed E-state index contributed by atoms with van der Waals surface area (Å²) in [4.78, 5) is 0. The molecular formula is C9H8BNO. The van der Waals surface area contributed by atoms with Crippen LogP contribution in [0.3, 0.4) is 0 Å². The Morgan fingerprint density at radius 3 is 2.67 bits per heavy atom. The summed E-state index contributed by atoms with van der Waals surface area (Å²) in [6, 6.07) is 5.11. The SMILES string of the molecule is [B]c1cc(CC)cc(O)c1C#N. The second kappa shape index (κ2) is 3.31. The molecule has 0 amide bonds. The lowest BCUT2D eigenvalue weighted by molar-refractivity contribution is 0.473. The van der Waals surface area contributed by atoms with Crippen molar-refractivity contribution in [2.45, 2.75) is 13.3 Å². The third kappa shape index (κ3) is 1.43. The van der Waals surface area contributed by atoms with Crippen LogP contribution in [-0.4, -0.2) is 13.0 Å². The third-order valence-electron chi connectivity index (χ3n) is 1.73. The van der Waals surface area contributed by atoms with Crippen LogP contribution in [0.5, 0.6) is 5.75 Å². The number of phenols is 1. The van der Waals surface area contributed by atoms with E-state index in [-0.39, 0.29) is 11.3 Å². The van der Waals surface area contributed by atoms with Gasteiger partial charge in [0.1, 0.15) is 19.7 Å². The van der Waals surface area contributed by atoms with Gasteiger partial charge in [-0.3, -0.25) is 0 Å². The van der Waals surface area contributed by atoms with Crippen molar-refractivity contribution in [3.05, 3.63) is 23.3 Å². The smallest absolute Gasteiger partial charge is 0.133 e. The number of aromatic hydroxyl groups is 1. The highest BCUT2D eigenvalue weighted by Gasteiger charge is 2.04. The average Bonchev–Trinajstić information content (AvgIpc) is 2.03. The van der Waals surface area contributed by atoms with Crippen LogP contribution in [0.15, 0.2) is 12.1 Å². The van der Waals surface area contributed by atoms with Gasteiger partial charge in [0.05, 0.1) is 5.56 Å². The Balaban J connectivity index is 3.30. The van der Waals surface area contributed by atoms with Gasteiger partial charge in [0.2, 0.25) is 0 Å². The molecule has 0 aliphatic carbocycles. The first-order valence-corrected chi connectivity index (χ1v) is 3.70. The molecule has 0 aliphatic rings. The Labute approximate surface area is 72.9 Å². The normalized spacial score (nSPS) is 9.33. The van der Waals surface area contributed by atoms with Gasteiger partial charge in [-0.05, 0) is 18.1 Å². The van der Waals surface area contributed by atoms with E-state index in [4.69, 9.17) is 13.1 Å². The van der Waals surface area contributed by atoms with E-state index in [0.29, 0.717) is 5.46 Å². The van der Waals surface area contributed by atoms with Crippen molar-refractivity contribution in [1.29, 1.82) is 5.26 Å². The molecule has 2 radical (unpaired) electrons. The number of rotatable bonds is 1. The average molecular weight is 157 g/mol. The summed E-state index contributed by atoms with van der Waals surface area (Å²) in [6.45, 7) is 1.96. The van der Waals surface area contributed by atoms with E-state index in [0.717, 1.165) is 12.0 Å². The number of nitrogens with zero attached hydrogens (tertiary/aromatic N) is 1. The maximum absolute atomic E-state index is 9.30. The van der Waals surface area contributed by atoms with Crippen molar-refractivity contribution < 1.29 is 5.11 Å². The molecule has 58 valence electrons. The molecule has 0 heterocycles. The van der Waals surface area contributed by atoms with E-state index in [1.54, 1.807) is 12.1 Å². The Morgan fingerprint density at radius 1 is 1.58 bits per heavy atom. The Morgan fingerprint density at radius 2 is 2.25 bits per heavy atom. The van der Waals surface area contributed by atoms with Crippen LogP contribution in [0.2, 0.25) is 0 Å². The molecule has 2 nitrogen and oxygen atoms in total. The van der Waals surface area contributed by atoms with Gasteiger partial charge in [0, 0.05) is 0 Å². The minimum Gasteiger partial charge on any atom is -0.507 e. The molecule has 0 bridgehead atoms. The van der Waals surface area contributed by atoms with Crippen LogP contribution in [0.1, 0.15) is 18.1 Å². The first-order chi connectivity index (χ1) is 5.69. The van der Waals surface area contributed by atoms with Gasteiger partial charge in [-0.25, -0.2) is 0 Å². The Kier molecular flexibility index (Phi) is 2.39. The molecule has 3 heteroatoms. The molecule has 0 saturated heterocycles. The fourth-order valence-corrected chi connectivity index (χ4v) is 1.04. The van der Waals surface area contributed by atoms with Crippen molar-refractivity contribution >= 4 is 13.3 Å². The summed E-state index contributed by atoms with van der Waals surface area (Å²) in [5, 5.41) is 17.9. The van der Waals surface area contributed by atoms with Gasteiger partial charge in [-0.15, -0.1) is 0 Å². The minimum atomic E-state index is -0.0330. The quantitative estimate of drug-likeness (QED) is 0.607. The van der Waals surface area contributed by atoms with Crippen LogP contribution < -0.4 is 5.46 Å². The summed E-state index contributed by atoms with van der Waals surface area (Å²) in [5.74, 6) is -0.0330. The molecule has 1 N–H and O–H groups in total. The van der Waals surface area contributed by atoms with Gasteiger partial charge in [0.25, 0.3) is 0 Å². The highest BCUT2D eigenvalue weighted by Crippen LogP contribution is 2.15. The molecule has 0 fully saturated rings.